The van der Waals surface area contributed by atoms with E-state index in [1.165, 1.54) is 0 Å². The van der Waals surface area contributed by atoms with E-state index in [-0.39, 0.29) is 0 Å². The number of aromatic nitrogens is 3. The van der Waals surface area contributed by atoms with Crippen molar-refractivity contribution in [2.75, 3.05) is 5.73 Å². The number of hydrogen-bond acceptors (Lipinski definition) is 3. The van der Waals surface area contributed by atoms with Crippen LogP contribution in [0.5, 0.6) is 0 Å². The Hall–Kier alpha value is -1.84. The second kappa shape index (κ2) is 3.49. The van der Waals surface area contributed by atoms with Gasteiger partial charge in [0, 0.05) is 12.7 Å². The van der Waals surface area contributed by atoms with Gasteiger partial charge in [-0.2, -0.15) is 5.10 Å². The molecule has 4 heteroatoms. The quantitative estimate of drug-likeness (QED) is 0.777. The van der Waals surface area contributed by atoms with Gasteiger partial charge in [0.1, 0.15) is 0 Å². The van der Waals surface area contributed by atoms with E-state index in [2.05, 4.69) is 10.1 Å². The van der Waals surface area contributed by atoms with Crippen molar-refractivity contribution in [1.29, 1.82) is 0 Å². The number of nitrogens with zero attached hydrogens (tertiary/aromatic N) is 3. The maximum atomic E-state index is 5.57. The van der Waals surface area contributed by atoms with Crippen molar-refractivity contribution in [1.82, 2.24) is 14.8 Å². The number of aryl methyl sites for hydroxylation is 1. The third-order valence-corrected chi connectivity index (χ3v) is 2.06. The Morgan fingerprint density at radius 3 is 2.86 bits per heavy atom. The minimum absolute atomic E-state index is 0.677. The molecule has 14 heavy (non-hydrogen) atoms. The van der Waals surface area contributed by atoms with E-state index in [9.17, 15) is 0 Å². The van der Waals surface area contributed by atoms with Gasteiger partial charge in [-0.05, 0) is 25.1 Å². The van der Waals surface area contributed by atoms with Crippen molar-refractivity contribution in [3.63, 3.8) is 0 Å². The highest BCUT2D eigenvalue weighted by Gasteiger charge is 2.04. The molecule has 0 spiro atoms. The van der Waals surface area contributed by atoms with Crippen molar-refractivity contribution in [3.05, 3.63) is 30.6 Å². The molecular weight excluding hydrogens is 176 g/mol. The van der Waals surface area contributed by atoms with Gasteiger partial charge in [-0.1, -0.05) is 0 Å². The first-order valence-corrected chi connectivity index (χ1v) is 4.55. The van der Waals surface area contributed by atoms with Crippen LogP contribution in [0.25, 0.3) is 11.4 Å². The molecule has 0 atom stereocenters. The molecule has 0 aromatic carbocycles. The first kappa shape index (κ1) is 8.74. The van der Waals surface area contributed by atoms with E-state index < -0.39 is 0 Å². The van der Waals surface area contributed by atoms with Crippen LogP contribution in [0.15, 0.2) is 30.6 Å². The van der Waals surface area contributed by atoms with Crippen molar-refractivity contribution in [2.45, 2.75) is 13.5 Å². The third kappa shape index (κ3) is 1.46. The van der Waals surface area contributed by atoms with Gasteiger partial charge in [-0.3, -0.25) is 9.67 Å². The minimum atomic E-state index is 0.677. The van der Waals surface area contributed by atoms with Gasteiger partial charge < -0.3 is 5.73 Å². The van der Waals surface area contributed by atoms with E-state index >= 15 is 0 Å². The van der Waals surface area contributed by atoms with Crippen LogP contribution in [0, 0.1) is 0 Å². The van der Waals surface area contributed by atoms with E-state index in [0.29, 0.717) is 5.69 Å². The topological polar surface area (TPSA) is 56.7 Å². The van der Waals surface area contributed by atoms with Gasteiger partial charge in [-0.15, -0.1) is 0 Å². The molecule has 0 saturated carbocycles. The number of pyridine rings is 1. The molecule has 0 radical (unpaired) electrons. The summed E-state index contributed by atoms with van der Waals surface area (Å²) >= 11 is 0. The lowest BCUT2D eigenvalue weighted by atomic mass is 10.2. The summed E-state index contributed by atoms with van der Waals surface area (Å²) in [6.45, 7) is 2.89. The number of hydrogen-bond donors (Lipinski definition) is 1. The molecule has 0 fully saturated rings. The largest absolute Gasteiger partial charge is 0.397 e. The van der Waals surface area contributed by atoms with Crippen LogP contribution in [-0.4, -0.2) is 14.8 Å². The number of nitrogens with two attached hydrogens (primary N) is 1. The molecule has 0 unspecified atom stereocenters. The minimum Gasteiger partial charge on any atom is -0.397 e. The monoisotopic (exact) mass is 188 g/mol. The molecule has 0 aliphatic rings. The van der Waals surface area contributed by atoms with Gasteiger partial charge in [-0.25, -0.2) is 0 Å². The van der Waals surface area contributed by atoms with Gasteiger partial charge in [0.2, 0.25) is 0 Å². The Kier molecular flexibility index (Phi) is 2.18. The van der Waals surface area contributed by atoms with Crippen molar-refractivity contribution < 1.29 is 0 Å². The van der Waals surface area contributed by atoms with Crippen molar-refractivity contribution in [2.24, 2.45) is 0 Å². The summed E-state index contributed by atoms with van der Waals surface area (Å²) in [7, 11) is 0. The Labute approximate surface area is 82.4 Å². The standard InChI is InChI=1S/C10H12N4/c1-2-14-10(5-6-13-14)9-4-3-8(11)7-12-9/h3-7H,2,11H2,1H3. The molecule has 0 saturated heterocycles. The molecule has 4 nitrogen and oxygen atoms in total. The fraction of sp³-hybridized carbons (Fsp3) is 0.200. The maximum Gasteiger partial charge on any atom is 0.0884 e. The normalized spacial score (nSPS) is 10.4. The van der Waals surface area contributed by atoms with Crippen LogP contribution in [0.2, 0.25) is 0 Å². The predicted octanol–water partition coefficient (Wildman–Crippen LogP) is 1.55. The lowest BCUT2D eigenvalue weighted by molar-refractivity contribution is 0.665. The van der Waals surface area contributed by atoms with E-state index in [4.69, 9.17) is 5.73 Å². The lowest BCUT2D eigenvalue weighted by Gasteiger charge is -2.03. The summed E-state index contributed by atoms with van der Waals surface area (Å²) in [4.78, 5) is 4.24. The highest BCUT2D eigenvalue weighted by atomic mass is 15.3. The average molecular weight is 188 g/mol. The summed E-state index contributed by atoms with van der Waals surface area (Å²) in [6, 6.07) is 5.69. The predicted molar refractivity (Wildman–Crippen MR) is 55.5 cm³/mol. The van der Waals surface area contributed by atoms with E-state index in [0.717, 1.165) is 17.9 Å². The molecule has 0 aliphatic heterocycles. The van der Waals surface area contributed by atoms with Gasteiger partial charge in [0.05, 0.1) is 23.3 Å². The Balaban J connectivity index is 2.44. The van der Waals surface area contributed by atoms with Gasteiger partial charge in [0.25, 0.3) is 0 Å². The van der Waals surface area contributed by atoms with Crippen molar-refractivity contribution >= 4 is 5.69 Å². The Bertz CT molecular complexity index is 416. The van der Waals surface area contributed by atoms with Crippen LogP contribution in [0.1, 0.15) is 6.92 Å². The van der Waals surface area contributed by atoms with Crippen LogP contribution in [0.3, 0.4) is 0 Å². The summed E-state index contributed by atoms with van der Waals surface area (Å²) in [6.07, 6.45) is 3.43. The molecule has 2 aromatic rings. The first-order valence-electron chi connectivity index (χ1n) is 4.55. The number of rotatable bonds is 2. The fourth-order valence-corrected chi connectivity index (χ4v) is 1.36. The van der Waals surface area contributed by atoms with E-state index in [1.54, 1.807) is 12.4 Å². The zero-order valence-electron chi connectivity index (χ0n) is 8.01. The maximum absolute atomic E-state index is 5.57. The highest BCUT2D eigenvalue weighted by Crippen LogP contribution is 2.16. The summed E-state index contributed by atoms with van der Waals surface area (Å²) in [5.74, 6) is 0. The molecule has 2 N–H and O–H groups in total. The van der Waals surface area contributed by atoms with Crippen molar-refractivity contribution in [3.8, 4) is 11.4 Å². The lowest BCUT2D eigenvalue weighted by Crippen LogP contribution is -1.99. The smallest absolute Gasteiger partial charge is 0.0884 e. The fourth-order valence-electron chi connectivity index (χ4n) is 1.36. The molecule has 2 heterocycles. The number of anilines is 1. The molecular formula is C10H12N4. The molecule has 2 rings (SSSR count). The van der Waals surface area contributed by atoms with Crippen LogP contribution < -0.4 is 5.73 Å². The average Bonchev–Trinajstić information content (AvgIpc) is 2.67. The molecule has 0 amide bonds. The molecule has 2 aromatic heterocycles. The summed E-state index contributed by atoms with van der Waals surface area (Å²) in [5.41, 5.74) is 8.17. The number of nitrogen functional groups attached to an aromatic ring is 1. The second-order valence-corrected chi connectivity index (χ2v) is 3.01. The van der Waals surface area contributed by atoms with E-state index in [1.807, 2.05) is 29.8 Å². The summed E-state index contributed by atoms with van der Waals surface area (Å²) < 4.78 is 1.90. The van der Waals surface area contributed by atoms with Crippen LogP contribution >= 0.6 is 0 Å². The van der Waals surface area contributed by atoms with Gasteiger partial charge >= 0.3 is 0 Å². The molecule has 0 aliphatic carbocycles. The van der Waals surface area contributed by atoms with Crippen LogP contribution in [-0.2, 0) is 6.54 Å². The highest BCUT2D eigenvalue weighted by molar-refractivity contribution is 5.56. The SMILES string of the molecule is CCn1nccc1-c1ccc(N)cn1. The zero-order chi connectivity index (χ0) is 9.97. The third-order valence-electron chi connectivity index (χ3n) is 2.06. The summed E-state index contributed by atoms with van der Waals surface area (Å²) in [5, 5.41) is 4.18. The van der Waals surface area contributed by atoms with Gasteiger partial charge in [0.15, 0.2) is 0 Å². The Morgan fingerprint density at radius 1 is 1.36 bits per heavy atom. The molecule has 72 valence electrons. The van der Waals surface area contributed by atoms with Crippen LogP contribution in [0.4, 0.5) is 5.69 Å². The zero-order valence-corrected chi connectivity index (χ0v) is 8.01. The first-order chi connectivity index (χ1) is 6.81. The second-order valence-electron chi connectivity index (χ2n) is 3.01. The Morgan fingerprint density at radius 2 is 2.21 bits per heavy atom. The molecule has 0 bridgehead atoms.